The van der Waals surface area contributed by atoms with Gasteiger partial charge in [0, 0.05) is 37.7 Å². The summed E-state index contributed by atoms with van der Waals surface area (Å²) in [5.74, 6) is 0.701. The number of methoxy groups -OCH3 is 1. The van der Waals surface area contributed by atoms with E-state index in [-0.39, 0.29) is 5.63 Å². The SMILES string of the molecule is COCCCOc1ccc2c(C)cc(=O)oc2c1. The minimum atomic E-state index is -0.337. The average Bonchev–Trinajstić information content (AvgIpc) is 2.34. The lowest BCUT2D eigenvalue weighted by Crippen LogP contribution is -2.02. The molecule has 0 unspecified atom stereocenters. The van der Waals surface area contributed by atoms with Crippen molar-refractivity contribution in [2.45, 2.75) is 13.3 Å². The maximum absolute atomic E-state index is 11.3. The number of fused-ring (bicyclic) bond motifs is 1. The van der Waals surface area contributed by atoms with Gasteiger partial charge in [-0.15, -0.1) is 0 Å². The number of hydrogen-bond donors (Lipinski definition) is 0. The molecule has 4 heteroatoms. The molecule has 1 aromatic heterocycles. The van der Waals surface area contributed by atoms with Crippen molar-refractivity contribution in [2.24, 2.45) is 0 Å². The molecule has 0 fully saturated rings. The molecule has 1 heterocycles. The van der Waals surface area contributed by atoms with E-state index in [0.29, 0.717) is 24.5 Å². The summed E-state index contributed by atoms with van der Waals surface area (Å²) < 4.78 is 15.6. The highest BCUT2D eigenvalue weighted by Crippen LogP contribution is 2.22. The van der Waals surface area contributed by atoms with Crippen LogP contribution in [0, 0.1) is 6.92 Å². The van der Waals surface area contributed by atoms with Crippen molar-refractivity contribution in [3.05, 3.63) is 40.2 Å². The van der Waals surface area contributed by atoms with Crippen molar-refractivity contribution < 1.29 is 13.9 Å². The van der Waals surface area contributed by atoms with Crippen LogP contribution in [0.5, 0.6) is 5.75 Å². The number of ether oxygens (including phenoxy) is 2. The third-order valence-corrected chi connectivity index (χ3v) is 2.68. The fraction of sp³-hybridized carbons (Fsp3) is 0.357. The molecule has 2 aromatic rings. The van der Waals surface area contributed by atoms with E-state index in [1.165, 1.54) is 6.07 Å². The minimum absolute atomic E-state index is 0.337. The Hall–Kier alpha value is -1.81. The summed E-state index contributed by atoms with van der Waals surface area (Å²) in [5.41, 5.74) is 1.13. The highest BCUT2D eigenvalue weighted by atomic mass is 16.5. The zero-order valence-electron chi connectivity index (χ0n) is 10.6. The van der Waals surface area contributed by atoms with E-state index in [2.05, 4.69) is 0 Å². The predicted molar refractivity (Wildman–Crippen MR) is 69.2 cm³/mol. The van der Waals surface area contributed by atoms with Gasteiger partial charge in [-0.25, -0.2) is 4.79 Å². The molecule has 1 aromatic carbocycles. The molecule has 0 saturated carbocycles. The van der Waals surface area contributed by atoms with E-state index >= 15 is 0 Å². The predicted octanol–water partition coefficient (Wildman–Crippen LogP) is 2.52. The van der Waals surface area contributed by atoms with Gasteiger partial charge in [-0.3, -0.25) is 0 Å². The number of hydrogen-bond acceptors (Lipinski definition) is 4. The molecule has 4 nitrogen and oxygen atoms in total. The van der Waals surface area contributed by atoms with Crippen LogP contribution in [0.25, 0.3) is 11.0 Å². The molecule has 96 valence electrons. The van der Waals surface area contributed by atoms with E-state index in [9.17, 15) is 4.79 Å². The van der Waals surface area contributed by atoms with Gasteiger partial charge in [0.25, 0.3) is 0 Å². The molecule has 0 aliphatic rings. The molecule has 0 bridgehead atoms. The molecular weight excluding hydrogens is 232 g/mol. The van der Waals surface area contributed by atoms with Crippen molar-refractivity contribution in [3.63, 3.8) is 0 Å². The van der Waals surface area contributed by atoms with Crippen molar-refractivity contribution in [1.29, 1.82) is 0 Å². The number of benzene rings is 1. The first-order chi connectivity index (χ1) is 8.70. The summed E-state index contributed by atoms with van der Waals surface area (Å²) in [6.45, 7) is 3.13. The second-order valence-electron chi connectivity index (χ2n) is 4.10. The van der Waals surface area contributed by atoms with Gasteiger partial charge in [0.15, 0.2) is 0 Å². The average molecular weight is 248 g/mol. The Morgan fingerprint density at radius 2 is 2.06 bits per heavy atom. The van der Waals surface area contributed by atoms with E-state index in [0.717, 1.165) is 17.4 Å². The quantitative estimate of drug-likeness (QED) is 0.602. The third kappa shape index (κ3) is 2.90. The Kier molecular flexibility index (Phi) is 3.99. The Morgan fingerprint density at radius 3 is 2.83 bits per heavy atom. The molecule has 0 aliphatic carbocycles. The van der Waals surface area contributed by atoms with Crippen molar-refractivity contribution in [1.82, 2.24) is 0 Å². The van der Waals surface area contributed by atoms with Crippen LogP contribution in [0.2, 0.25) is 0 Å². The van der Waals surface area contributed by atoms with Gasteiger partial charge >= 0.3 is 5.63 Å². The van der Waals surface area contributed by atoms with Gasteiger partial charge in [0.2, 0.25) is 0 Å². The molecule has 0 saturated heterocycles. The molecule has 2 rings (SSSR count). The monoisotopic (exact) mass is 248 g/mol. The Morgan fingerprint density at radius 1 is 1.22 bits per heavy atom. The summed E-state index contributed by atoms with van der Waals surface area (Å²) in [6, 6.07) is 7.01. The second kappa shape index (κ2) is 5.69. The van der Waals surface area contributed by atoms with Crippen LogP contribution >= 0.6 is 0 Å². The van der Waals surface area contributed by atoms with Crippen LogP contribution in [-0.2, 0) is 4.74 Å². The highest BCUT2D eigenvalue weighted by Gasteiger charge is 2.03. The van der Waals surface area contributed by atoms with Crippen LogP contribution in [0.15, 0.2) is 33.5 Å². The van der Waals surface area contributed by atoms with Gasteiger partial charge in [0.05, 0.1) is 6.61 Å². The molecule has 0 radical (unpaired) electrons. The molecule has 0 spiro atoms. The summed E-state index contributed by atoms with van der Waals surface area (Å²) in [6.07, 6.45) is 0.826. The lowest BCUT2D eigenvalue weighted by atomic mass is 10.1. The van der Waals surface area contributed by atoms with Gasteiger partial charge in [-0.1, -0.05) is 0 Å². The topological polar surface area (TPSA) is 48.7 Å². The third-order valence-electron chi connectivity index (χ3n) is 2.68. The fourth-order valence-corrected chi connectivity index (χ4v) is 1.79. The van der Waals surface area contributed by atoms with Crippen molar-refractivity contribution >= 4 is 11.0 Å². The number of rotatable bonds is 5. The Bertz CT molecular complexity index is 586. The molecular formula is C14H16O4. The first-order valence-corrected chi connectivity index (χ1v) is 5.87. The number of aryl methyl sites for hydroxylation is 1. The maximum Gasteiger partial charge on any atom is 0.336 e. The molecule has 0 N–H and O–H groups in total. The smallest absolute Gasteiger partial charge is 0.336 e. The maximum atomic E-state index is 11.3. The second-order valence-corrected chi connectivity index (χ2v) is 4.10. The van der Waals surface area contributed by atoms with Crippen molar-refractivity contribution in [2.75, 3.05) is 20.3 Å². The van der Waals surface area contributed by atoms with Crippen LogP contribution in [0.1, 0.15) is 12.0 Å². The first kappa shape index (κ1) is 12.6. The summed E-state index contributed by atoms with van der Waals surface area (Å²) in [4.78, 5) is 11.3. The molecule has 0 atom stereocenters. The molecule has 0 amide bonds. The van der Waals surface area contributed by atoms with Crippen LogP contribution in [0.4, 0.5) is 0 Å². The largest absolute Gasteiger partial charge is 0.493 e. The first-order valence-electron chi connectivity index (χ1n) is 5.87. The lowest BCUT2D eigenvalue weighted by Gasteiger charge is -2.07. The van der Waals surface area contributed by atoms with Crippen molar-refractivity contribution in [3.8, 4) is 5.75 Å². The summed E-state index contributed by atoms with van der Waals surface area (Å²) in [5, 5.41) is 0.929. The van der Waals surface area contributed by atoms with Gasteiger partial charge in [-0.05, 0) is 24.6 Å². The normalized spacial score (nSPS) is 10.8. The van der Waals surface area contributed by atoms with E-state index < -0.39 is 0 Å². The summed E-state index contributed by atoms with van der Waals surface area (Å²) in [7, 11) is 1.66. The molecule has 18 heavy (non-hydrogen) atoms. The zero-order valence-corrected chi connectivity index (χ0v) is 10.6. The Labute approximate surface area is 105 Å². The highest BCUT2D eigenvalue weighted by molar-refractivity contribution is 5.81. The van der Waals surface area contributed by atoms with E-state index in [4.69, 9.17) is 13.9 Å². The fourth-order valence-electron chi connectivity index (χ4n) is 1.79. The van der Waals surface area contributed by atoms with Gasteiger partial charge in [0.1, 0.15) is 11.3 Å². The Balaban J connectivity index is 2.19. The standard InChI is InChI=1S/C14H16O4/c1-10-8-14(15)18-13-9-11(4-5-12(10)13)17-7-3-6-16-2/h4-5,8-9H,3,6-7H2,1-2H3. The van der Waals surface area contributed by atoms with Crippen LogP contribution in [-0.4, -0.2) is 20.3 Å². The van der Waals surface area contributed by atoms with Crippen LogP contribution in [0.3, 0.4) is 0 Å². The van der Waals surface area contributed by atoms with Gasteiger partial charge in [-0.2, -0.15) is 0 Å². The van der Waals surface area contributed by atoms with Gasteiger partial charge < -0.3 is 13.9 Å². The van der Waals surface area contributed by atoms with Crippen LogP contribution < -0.4 is 10.4 Å². The summed E-state index contributed by atoms with van der Waals surface area (Å²) >= 11 is 0. The minimum Gasteiger partial charge on any atom is -0.493 e. The lowest BCUT2D eigenvalue weighted by molar-refractivity contribution is 0.172. The van der Waals surface area contributed by atoms with E-state index in [1.807, 2.05) is 19.1 Å². The van der Waals surface area contributed by atoms with E-state index in [1.54, 1.807) is 13.2 Å². The zero-order chi connectivity index (χ0) is 13.0. The molecule has 0 aliphatic heterocycles.